The summed E-state index contributed by atoms with van der Waals surface area (Å²) in [7, 11) is 2.03. The molecule has 0 saturated heterocycles. The molecule has 5 nitrogen and oxygen atoms in total. The Kier molecular flexibility index (Phi) is 2.71. The van der Waals surface area contributed by atoms with Gasteiger partial charge in [0.15, 0.2) is 0 Å². The van der Waals surface area contributed by atoms with Crippen LogP contribution in [0.2, 0.25) is 0 Å². The van der Waals surface area contributed by atoms with Crippen molar-refractivity contribution in [1.29, 1.82) is 0 Å². The summed E-state index contributed by atoms with van der Waals surface area (Å²) in [5.74, 6) is 0.965. The number of nitrogens with one attached hydrogen (secondary N) is 1. The summed E-state index contributed by atoms with van der Waals surface area (Å²) >= 11 is 1.69. The Labute approximate surface area is 109 Å². The van der Waals surface area contributed by atoms with E-state index in [1.54, 1.807) is 23.9 Å². The molecule has 0 saturated carbocycles. The van der Waals surface area contributed by atoms with Gasteiger partial charge >= 0.3 is 0 Å². The molecule has 0 aliphatic carbocycles. The van der Waals surface area contributed by atoms with Crippen LogP contribution in [0.25, 0.3) is 10.2 Å². The molecule has 0 bridgehead atoms. The molecule has 6 heteroatoms. The summed E-state index contributed by atoms with van der Waals surface area (Å²) in [6, 6.07) is 1.97. The van der Waals surface area contributed by atoms with Crippen molar-refractivity contribution in [2.24, 2.45) is 0 Å². The lowest BCUT2D eigenvalue weighted by Crippen LogP contribution is -2.18. The van der Waals surface area contributed by atoms with E-state index in [1.807, 2.05) is 13.1 Å². The number of rotatable bonds is 3. The Morgan fingerprint density at radius 3 is 3.06 bits per heavy atom. The van der Waals surface area contributed by atoms with Crippen molar-refractivity contribution in [2.45, 2.75) is 13.5 Å². The normalized spacial score (nSPS) is 11.0. The van der Waals surface area contributed by atoms with E-state index >= 15 is 0 Å². The van der Waals surface area contributed by atoms with E-state index in [4.69, 9.17) is 0 Å². The maximum Gasteiger partial charge on any atom is 0.150 e. The topological polar surface area (TPSA) is 57.7 Å². The third-order valence-corrected chi connectivity index (χ3v) is 3.92. The molecule has 3 rings (SSSR count). The van der Waals surface area contributed by atoms with Crippen LogP contribution in [0.4, 0.5) is 5.82 Å². The number of aromatic nitrogens is 4. The van der Waals surface area contributed by atoms with Crippen molar-refractivity contribution in [2.75, 3.05) is 11.9 Å². The van der Waals surface area contributed by atoms with Crippen molar-refractivity contribution < 1.29 is 0 Å². The predicted octanol–water partition coefficient (Wildman–Crippen LogP) is 2.36. The zero-order valence-electron chi connectivity index (χ0n) is 10.2. The van der Waals surface area contributed by atoms with Crippen LogP contribution in [0.5, 0.6) is 0 Å². The zero-order chi connectivity index (χ0) is 12.5. The Morgan fingerprint density at radius 2 is 2.28 bits per heavy atom. The van der Waals surface area contributed by atoms with E-state index in [0.717, 1.165) is 28.3 Å². The molecule has 18 heavy (non-hydrogen) atoms. The van der Waals surface area contributed by atoms with Crippen LogP contribution in [0, 0.1) is 6.92 Å². The third kappa shape index (κ3) is 1.84. The molecule has 3 aromatic heterocycles. The minimum absolute atomic E-state index is 0.753. The van der Waals surface area contributed by atoms with Gasteiger partial charge < -0.3 is 4.90 Å². The average molecular weight is 259 g/mol. The van der Waals surface area contributed by atoms with Gasteiger partial charge in [0.2, 0.25) is 0 Å². The molecule has 0 aliphatic heterocycles. The van der Waals surface area contributed by atoms with E-state index < -0.39 is 0 Å². The highest BCUT2D eigenvalue weighted by molar-refractivity contribution is 7.18. The highest BCUT2D eigenvalue weighted by Crippen LogP contribution is 2.30. The number of hydrogen-bond acceptors (Lipinski definition) is 5. The van der Waals surface area contributed by atoms with Gasteiger partial charge in [-0.2, -0.15) is 5.10 Å². The number of fused-ring (bicyclic) bond motifs is 1. The molecule has 0 spiro atoms. The van der Waals surface area contributed by atoms with Crippen LogP contribution in [0.15, 0.2) is 24.0 Å². The standard InChI is InChI=1S/C12H13N5S/c1-8-6-18-11-10(8)13-7-14-12(11)17(2)5-9-3-4-15-16-9/h3-4,6-7H,5H2,1-2H3,(H,15,16). The van der Waals surface area contributed by atoms with Crippen LogP contribution in [-0.4, -0.2) is 27.2 Å². The van der Waals surface area contributed by atoms with E-state index in [0.29, 0.717) is 0 Å². The quantitative estimate of drug-likeness (QED) is 0.784. The molecular formula is C12H13N5S. The van der Waals surface area contributed by atoms with Crippen molar-refractivity contribution >= 4 is 27.4 Å². The number of thiophene rings is 1. The molecule has 0 radical (unpaired) electrons. The molecule has 0 aromatic carbocycles. The molecule has 0 amide bonds. The van der Waals surface area contributed by atoms with Gasteiger partial charge in [-0.1, -0.05) is 0 Å². The minimum atomic E-state index is 0.753. The molecule has 3 aromatic rings. The van der Waals surface area contributed by atoms with Crippen molar-refractivity contribution in [3.63, 3.8) is 0 Å². The zero-order valence-corrected chi connectivity index (χ0v) is 11.0. The lowest BCUT2D eigenvalue weighted by molar-refractivity contribution is 0.856. The minimum Gasteiger partial charge on any atom is -0.353 e. The number of aryl methyl sites for hydroxylation is 1. The first-order valence-corrected chi connectivity index (χ1v) is 6.52. The second-order valence-corrected chi connectivity index (χ2v) is 5.11. The first kappa shape index (κ1) is 11.2. The summed E-state index contributed by atoms with van der Waals surface area (Å²) < 4.78 is 1.14. The lowest BCUT2D eigenvalue weighted by Gasteiger charge is -2.17. The fourth-order valence-corrected chi connectivity index (χ4v) is 2.98. The van der Waals surface area contributed by atoms with E-state index in [-0.39, 0.29) is 0 Å². The third-order valence-electron chi connectivity index (χ3n) is 2.84. The summed E-state index contributed by atoms with van der Waals surface area (Å²) in [5.41, 5.74) is 3.31. The smallest absolute Gasteiger partial charge is 0.150 e. The van der Waals surface area contributed by atoms with Gasteiger partial charge in [-0.05, 0) is 23.9 Å². The van der Waals surface area contributed by atoms with Gasteiger partial charge in [-0.15, -0.1) is 11.3 Å². The first-order valence-electron chi connectivity index (χ1n) is 5.64. The molecule has 0 aliphatic rings. The second-order valence-electron chi connectivity index (χ2n) is 4.23. The highest BCUT2D eigenvalue weighted by Gasteiger charge is 2.12. The number of H-pyrrole nitrogens is 1. The van der Waals surface area contributed by atoms with E-state index in [1.165, 1.54) is 5.56 Å². The van der Waals surface area contributed by atoms with Gasteiger partial charge in [-0.3, -0.25) is 5.10 Å². The molecule has 1 N–H and O–H groups in total. The van der Waals surface area contributed by atoms with Gasteiger partial charge in [0.05, 0.1) is 22.5 Å². The molecule has 3 heterocycles. The summed E-state index contributed by atoms with van der Waals surface area (Å²) in [6.07, 6.45) is 3.38. The lowest BCUT2D eigenvalue weighted by atomic mass is 10.3. The summed E-state index contributed by atoms with van der Waals surface area (Å²) in [6.45, 7) is 2.83. The monoisotopic (exact) mass is 259 g/mol. The Bertz CT molecular complexity index is 658. The maximum absolute atomic E-state index is 4.39. The second kappa shape index (κ2) is 4.38. The van der Waals surface area contributed by atoms with Gasteiger partial charge in [0.25, 0.3) is 0 Å². The fraction of sp³-hybridized carbons (Fsp3) is 0.250. The molecular weight excluding hydrogens is 246 g/mol. The van der Waals surface area contributed by atoms with Gasteiger partial charge in [0.1, 0.15) is 12.1 Å². The molecule has 0 atom stereocenters. The predicted molar refractivity (Wildman–Crippen MR) is 72.8 cm³/mol. The Hall–Kier alpha value is -1.95. The summed E-state index contributed by atoms with van der Waals surface area (Å²) in [4.78, 5) is 10.8. The first-order chi connectivity index (χ1) is 8.75. The van der Waals surface area contributed by atoms with Crippen LogP contribution < -0.4 is 4.90 Å². The summed E-state index contributed by atoms with van der Waals surface area (Å²) in [5, 5.41) is 9.03. The largest absolute Gasteiger partial charge is 0.353 e. The van der Waals surface area contributed by atoms with Gasteiger partial charge in [-0.25, -0.2) is 9.97 Å². The van der Waals surface area contributed by atoms with Crippen LogP contribution >= 0.6 is 11.3 Å². The van der Waals surface area contributed by atoms with Crippen molar-refractivity contribution in [3.8, 4) is 0 Å². The maximum atomic E-state index is 4.39. The van der Waals surface area contributed by atoms with Gasteiger partial charge in [0, 0.05) is 13.2 Å². The number of nitrogens with zero attached hydrogens (tertiary/aromatic N) is 4. The number of anilines is 1. The van der Waals surface area contributed by atoms with Crippen LogP contribution in [0.1, 0.15) is 11.3 Å². The van der Waals surface area contributed by atoms with Crippen LogP contribution in [0.3, 0.4) is 0 Å². The van der Waals surface area contributed by atoms with Crippen molar-refractivity contribution in [1.82, 2.24) is 20.2 Å². The molecule has 0 unspecified atom stereocenters. The Balaban J connectivity index is 1.98. The van der Waals surface area contributed by atoms with Crippen molar-refractivity contribution in [3.05, 3.63) is 35.2 Å². The van der Waals surface area contributed by atoms with E-state index in [2.05, 4.69) is 37.4 Å². The molecule has 92 valence electrons. The highest BCUT2D eigenvalue weighted by atomic mass is 32.1. The van der Waals surface area contributed by atoms with Crippen LogP contribution in [-0.2, 0) is 6.54 Å². The SMILES string of the molecule is Cc1csc2c(N(C)Cc3ccn[nH]3)ncnc12. The number of aromatic amines is 1. The molecule has 0 fully saturated rings. The Morgan fingerprint density at radius 1 is 1.39 bits per heavy atom. The average Bonchev–Trinajstić information content (AvgIpc) is 3.00. The number of hydrogen-bond donors (Lipinski definition) is 1. The van der Waals surface area contributed by atoms with E-state index in [9.17, 15) is 0 Å². The fourth-order valence-electron chi connectivity index (χ4n) is 1.93.